The molecule has 0 aromatic heterocycles. The quantitative estimate of drug-likeness (QED) is 0.849. The highest BCUT2D eigenvalue weighted by atomic mass is 19.4. The fourth-order valence-electron chi connectivity index (χ4n) is 3.85. The van der Waals surface area contributed by atoms with E-state index in [9.17, 15) is 32.7 Å². The first kappa shape index (κ1) is 20.2. The van der Waals surface area contributed by atoms with Gasteiger partial charge in [-0.05, 0) is 37.0 Å². The lowest BCUT2D eigenvalue weighted by Crippen LogP contribution is -2.45. The molecular weight excluding hydrogens is 377 g/mol. The van der Waals surface area contributed by atoms with E-state index in [1.807, 2.05) is 0 Å². The summed E-state index contributed by atoms with van der Waals surface area (Å²) in [6.07, 6.45) is -3.46. The van der Waals surface area contributed by atoms with E-state index in [0.29, 0.717) is 19.4 Å². The van der Waals surface area contributed by atoms with Crippen LogP contribution in [0.2, 0.25) is 0 Å². The molecule has 2 unspecified atom stereocenters. The standard InChI is InChI=1S/C19H21F3N2O4/c1-11-5-13(18(27)28)10-23(9-11)17(26)12-6-14(19(20,21)22)8-15(7-12)24-4-2-3-16(24)25/h6-8,11,13H,2-5,9-10H2,1H3,(H,27,28). The third-order valence-electron chi connectivity index (χ3n) is 5.17. The number of halogens is 3. The molecule has 0 saturated carbocycles. The number of alkyl halides is 3. The van der Waals surface area contributed by atoms with Gasteiger partial charge < -0.3 is 14.9 Å². The van der Waals surface area contributed by atoms with Gasteiger partial charge in [0.1, 0.15) is 0 Å². The third kappa shape index (κ3) is 4.13. The Balaban J connectivity index is 1.96. The van der Waals surface area contributed by atoms with Gasteiger partial charge in [0, 0.05) is 37.3 Å². The minimum absolute atomic E-state index is 0.0421. The van der Waals surface area contributed by atoms with E-state index >= 15 is 0 Å². The SMILES string of the molecule is CC1CC(C(=O)O)CN(C(=O)c2cc(N3CCCC3=O)cc(C(F)(F)F)c2)C1. The predicted molar refractivity (Wildman–Crippen MR) is 93.8 cm³/mol. The van der Waals surface area contributed by atoms with Gasteiger partial charge in [0.15, 0.2) is 0 Å². The Labute approximate surface area is 159 Å². The lowest BCUT2D eigenvalue weighted by molar-refractivity contribution is -0.143. The molecule has 2 fully saturated rings. The lowest BCUT2D eigenvalue weighted by Gasteiger charge is -2.35. The van der Waals surface area contributed by atoms with E-state index in [0.717, 1.165) is 12.1 Å². The van der Waals surface area contributed by atoms with Gasteiger partial charge in [-0.3, -0.25) is 14.4 Å². The van der Waals surface area contributed by atoms with Crippen molar-refractivity contribution in [2.75, 3.05) is 24.5 Å². The molecule has 1 N–H and O–H groups in total. The predicted octanol–water partition coefficient (Wildman–Crippen LogP) is 3.02. The van der Waals surface area contributed by atoms with E-state index < -0.39 is 29.5 Å². The average molecular weight is 398 g/mol. The first-order valence-corrected chi connectivity index (χ1v) is 9.11. The molecule has 2 atom stereocenters. The number of hydrogen-bond donors (Lipinski definition) is 1. The Hall–Kier alpha value is -2.58. The number of rotatable bonds is 3. The van der Waals surface area contributed by atoms with Crippen LogP contribution in [0.4, 0.5) is 18.9 Å². The van der Waals surface area contributed by atoms with E-state index in [1.165, 1.54) is 15.9 Å². The van der Waals surface area contributed by atoms with Crippen LogP contribution in [0.25, 0.3) is 0 Å². The van der Waals surface area contributed by atoms with Crippen LogP contribution >= 0.6 is 0 Å². The molecule has 9 heteroatoms. The molecule has 2 aliphatic rings. The Morgan fingerprint density at radius 1 is 1.18 bits per heavy atom. The smallest absolute Gasteiger partial charge is 0.416 e. The first-order chi connectivity index (χ1) is 13.1. The van der Waals surface area contributed by atoms with Crippen LogP contribution in [-0.4, -0.2) is 47.4 Å². The van der Waals surface area contributed by atoms with Gasteiger partial charge in [-0.25, -0.2) is 0 Å². The molecule has 0 aliphatic carbocycles. The third-order valence-corrected chi connectivity index (χ3v) is 5.17. The molecule has 0 radical (unpaired) electrons. The summed E-state index contributed by atoms with van der Waals surface area (Å²) in [7, 11) is 0. The summed E-state index contributed by atoms with van der Waals surface area (Å²) >= 11 is 0. The van der Waals surface area contributed by atoms with Gasteiger partial charge in [0.05, 0.1) is 11.5 Å². The normalized spacial score (nSPS) is 23.2. The maximum atomic E-state index is 13.4. The minimum atomic E-state index is -4.67. The van der Waals surface area contributed by atoms with Crippen molar-refractivity contribution in [3.05, 3.63) is 29.3 Å². The second-order valence-electron chi connectivity index (χ2n) is 7.50. The molecule has 3 rings (SSSR count). The summed E-state index contributed by atoms with van der Waals surface area (Å²) in [6, 6.07) is 2.93. The van der Waals surface area contributed by atoms with Crippen LogP contribution in [0, 0.1) is 11.8 Å². The molecule has 0 bridgehead atoms. The zero-order chi connectivity index (χ0) is 20.6. The fraction of sp³-hybridized carbons (Fsp3) is 0.526. The zero-order valence-corrected chi connectivity index (χ0v) is 15.3. The van der Waals surface area contributed by atoms with Gasteiger partial charge in [0.25, 0.3) is 5.91 Å². The minimum Gasteiger partial charge on any atom is -0.481 e. The summed E-state index contributed by atoms with van der Waals surface area (Å²) in [4.78, 5) is 38.7. The van der Waals surface area contributed by atoms with Crippen molar-refractivity contribution in [3.8, 4) is 0 Å². The van der Waals surface area contributed by atoms with Gasteiger partial charge in [-0.15, -0.1) is 0 Å². The van der Waals surface area contributed by atoms with Crippen LogP contribution in [0.15, 0.2) is 18.2 Å². The van der Waals surface area contributed by atoms with Gasteiger partial charge in [-0.2, -0.15) is 13.2 Å². The van der Waals surface area contributed by atoms with Crippen LogP contribution in [0.1, 0.15) is 42.1 Å². The maximum absolute atomic E-state index is 13.4. The monoisotopic (exact) mass is 398 g/mol. The molecule has 6 nitrogen and oxygen atoms in total. The molecule has 2 saturated heterocycles. The van der Waals surface area contributed by atoms with Crippen LogP contribution in [-0.2, 0) is 15.8 Å². The van der Waals surface area contributed by atoms with Gasteiger partial charge in [-0.1, -0.05) is 6.92 Å². The van der Waals surface area contributed by atoms with Crippen molar-refractivity contribution in [2.24, 2.45) is 11.8 Å². The van der Waals surface area contributed by atoms with Crippen LogP contribution in [0.3, 0.4) is 0 Å². The van der Waals surface area contributed by atoms with Crippen molar-refractivity contribution in [1.29, 1.82) is 0 Å². The first-order valence-electron chi connectivity index (χ1n) is 9.11. The largest absolute Gasteiger partial charge is 0.481 e. The van der Waals surface area contributed by atoms with Crippen LogP contribution in [0.5, 0.6) is 0 Å². The number of hydrogen-bond acceptors (Lipinski definition) is 3. The van der Waals surface area contributed by atoms with E-state index in [-0.39, 0.29) is 42.6 Å². The Bertz CT molecular complexity index is 809. The molecule has 2 aliphatic heterocycles. The number of benzene rings is 1. The highest BCUT2D eigenvalue weighted by Gasteiger charge is 2.36. The molecule has 2 heterocycles. The summed E-state index contributed by atoms with van der Waals surface area (Å²) in [5.41, 5.74) is -1.16. The number of piperidine rings is 1. The number of amides is 2. The molecule has 1 aromatic carbocycles. The number of nitrogens with zero attached hydrogens (tertiary/aromatic N) is 2. The highest BCUT2D eigenvalue weighted by Crippen LogP contribution is 2.35. The fourth-order valence-corrected chi connectivity index (χ4v) is 3.85. The average Bonchev–Trinajstić information content (AvgIpc) is 3.05. The van der Waals surface area contributed by atoms with E-state index in [1.54, 1.807) is 6.92 Å². The number of carbonyl (C=O) groups is 3. The summed E-state index contributed by atoms with van der Waals surface area (Å²) in [5, 5.41) is 9.26. The van der Waals surface area contributed by atoms with E-state index in [4.69, 9.17) is 0 Å². The maximum Gasteiger partial charge on any atom is 0.416 e. The molecule has 152 valence electrons. The Morgan fingerprint density at radius 2 is 1.89 bits per heavy atom. The summed E-state index contributed by atoms with van der Waals surface area (Å²) in [6.45, 7) is 2.33. The number of carboxylic acid groups (broad SMARTS) is 1. The number of likely N-dealkylation sites (tertiary alicyclic amines) is 1. The number of carbonyl (C=O) groups excluding carboxylic acids is 2. The highest BCUT2D eigenvalue weighted by molar-refractivity contribution is 5.99. The Morgan fingerprint density at radius 3 is 2.46 bits per heavy atom. The van der Waals surface area contributed by atoms with E-state index in [2.05, 4.69) is 0 Å². The second-order valence-corrected chi connectivity index (χ2v) is 7.50. The molecule has 28 heavy (non-hydrogen) atoms. The zero-order valence-electron chi connectivity index (χ0n) is 15.3. The number of carboxylic acids is 1. The molecular formula is C19H21F3N2O4. The van der Waals surface area contributed by atoms with Crippen molar-refractivity contribution >= 4 is 23.5 Å². The topological polar surface area (TPSA) is 77.9 Å². The van der Waals surface area contributed by atoms with Crippen molar-refractivity contribution < 1.29 is 32.7 Å². The van der Waals surface area contributed by atoms with Crippen molar-refractivity contribution in [3.63, 3.8) is 0 Å². The van der Waals surface area contributed by atoms with Crippen molar-refractivity contribution in [2.45, 2.75) is 32.4 Å². The van der Waals surface area contributed by atoms with Gasteiger partial charge in [0.2, 0.25) is 5.91 Å². The molecule has 1 aromatic rings. The lowest BCUT2D eigenvalue weighted by atomic mass is 9.90. The number of anilines is 1. The Kier molecular flexibility index (Phi) is 5.36. The number of aliphatic carboxylic acids is 1. The molecule has 0 spiro atoms. The van der Waals surface area contributed by atoms with Gasteiger partial charge >= 0.3 is 12.1 Å². The second kappa shape index (κ2) is 7.44. The van der Waals surface area contributed by atoms with Crippen LogP contribution < -0.4 is 4.90 Å². The summed E-state index contributed by atoms with van der Waals surface area (Å²) in [5.74, 6) is -2.80. The molecule has 2 amide bonds. The van der Waals surface area contributed by atoms with Crippen molar-refractivity contribution in [1.82, 2.24) is 4.90 Å². The summed E-state index contributed by atoms with van der Waals surface area (Å²) < 4.78 is 40.1.